The Bertz CT molecular complexity index is 292. The maximum absolute atomic E-state index is 9.09. The van der Waals surface area contributed by atoms with E-state index in [0.29, 0.717) is 6.61 Å². The van der Waals surface area contributed by atoms with Crippen LogP contribution in [0.1, 0.15) is 25.3 Å². The molecule has 1 unspecified atom stereocenters. The van der Waals surface area contributed by atoms with Gasteiger partial charge >= 0.3 is 0 Å². The summed E-state index contributed by atoms with van der Waals surface area (Å²) in [5, 5.41) is 12.5. The van der Waals surface area contributed by atoms with E-state index >= 15 is 0 Å². The van der Waals surface area contributed by atoms with Crippen molar-refractivity contribution in [2.75, 3.05) is 6.61 Å². The van der Waals surface area contributed by atoms with Crippen LogP contribution in [0.15, 0.2) is 24.3 Å². The topological polar surface area (TPSA) is 41.5 Å². The lowest BCUT2D eigenvalue weighted by molar-refractivity contribution is 0.122. The van der Waals surface area contributed by atoms with Gasteiger partial charge in [-0.15, -0.1) is 0 Å². The van der Waals surface area contributed by atoms with Crippen molar-refractivity contribution in [2.45, 2.75) is 38.5 Å². The normalized spacial score (nSPS) is 17.1. The summed E-state index contributed by atoms with van der Waals surface area (Å²) in [6.07, 6.45) is 2.21. The lowest BCUT2D eigenvalue weighted by atomic mass is 10.2. The SMILES string of the molecule is CC(O)COc1ccc(CNC2CC2)cc1. The van der Waals surface area contributed by atoms with Gasteiger partial charge in [-0.05, 0) is 37.5 Å². The van der Waals surface area contributed by atoms with Crippen molar-refractivity contribution >= 4 is 0 Å². The summed E-state index contributed by atoms with van der Waals surface area (Å²) in [7, 11) is 0. The van der Waals surface area contributed by atoms with E-state index in [-0.39, 0.29) is 0 Å². The van der Waals surface area contributed by atoms with E-state index in [9.17, 15) is 0 Å². The zero-order valence-corrected chi connectivity index (χ0v) is 9.65. The molecule has 0 aliphatic heterocycles. The fourth-order valence-electron chi connectivity index (χ4n) is 1.47. The van der Waals surface area contributed by atoms with Gasteiger partial charge in [0.25, 0.3) is 0 Å². The molecule has 0 aromatic heterocycles. The van der Waals surface area contributed by atoms with E-state index in [1.165, 1.54) is 18.4 Å². The molecular formula is C13H19NO2. The molecule has 3 nitrogen and oxygen atoms in total. The third-order valence-electron chi connectivity index (χ3n) is 2.59. The van der Waals surface area contributed by atoms with Crippen molar-refractivity contribution in [1.82, 2.24) is 5.32 Å². The van der Waals surface area contributed by atoms with E-state index in [2.05, 4.69) is 17.4 Å². The highest BCUT2D eigenvalue weighted by Gasteiger charge is 2.19. The van der Waals surface area contributed by atoms with Gasteiger partial charge in [0.05, 0.1) is 6.10 Å². The molecule has 0 spiro atoms. The Morgan fingerprint density at radius 1 is 1.38 bits per heavy atom. The van der Waals surface area contributed by atoms with Crippen molar-refractivity contribution in [2.24, 2.45) is 0 Å². The number of hydrogen-bond donors (Lipinski definition) is 2. The fraction of sp³-hybridized carbons (Fsp3) is 0.538. The summed E-state index contributed by atoms with van der Waals surface area (Å²) in [4.78, 5) is 0. The molecule has 2 rings (SSSR count). The van der Waals surface area contributed by atoms with E-state index in [1.54, 1.807) is 6.92 Å². The molecule has 2 N–H and O–H groups in total. The number of nitrogens with one attached hydrogen (secondary N) is 1. The number of ether oxygens (including phenoxy) is 1. The standard InChI is InChI=1S/C13H19NO2/c1-10(15)9-16-13-6-2-11(3-7-13)8-14-12-4-5-12/h2-3,6-7,10,12,14-15H,4-5,8-9H2,1H3. The van der Waals surface area contributed by atoms with Crippen LogP contribution in [0.25, 0.3) is 0 Å². The first kappa shape index (κ1) is 11.4. The Morgan fingerprint density at radius 3 is 2.62 bits per heavy atom. The quantitative estimate of drug-likeness (QED) is 0.768. The number of hydrogen-bond acceptors (Lipinski definition) is 3. The predicted molar refractivity (Wildman–Crippen MR) is 63.5 cm³/mol. The van der Waals surface area contributed by atoms with E-state index in [0.717, 1.165) is 18.3 Å². The van der Waals surface area contributed by atoms with E-state index in [4.69, 9.17) is 9.84 Å². The van der Waals surface area contributed by atoms with Crippen LogP contribution in [0.2, 0.25) is 0 Å². The molecule has 0 saturated heterocycles. The van der Waals surface area contributed by atoms with Crippen LogP contribution in [-0.4, -0.2) is 23.9 Å². The molecule has 1 aromatic carbocycles. The molecule has 0 heterocycles. The third-order valence-corrected chi connectivity index (χ3v) is 2.59. The smallest absolute Gasteiger partial charge is 0.119 e. The zero-order chi connectivity index (χ0) is 11.4. The highest BCUT2D eigenvalue weighted by Crippen LogP contribution is 2.19. The van der Waals surface area contributed by atoms with Gasteiger partial charge in [0.2, 0.25) is 0 Å². The molecule has 1 aliphatic rings. The van der Waals surface area contributed by atoms with Gasteiger partial charge in [0.15, 0.2) is 0 Å². The van der Waals surface area contributed by atoms with Crippen LogP contribution >= 0.6 is 0 Å². The van der Waals surface area contributed by atoms with Crippen molar-refractivity contribution in [3.8, 4) is 5.75 Å². The minimum absolute atomic E-state index is 0.347. The van der Waals surface area contributed by atoms with Gasteiger partial charge in [0, 0.05) is 12.6 Å². The summed E-state index contributed by atoms with van der Waals surface area (Å²) in [5.74, 6) is 0.816. The predicted octanol–water partition coefficient (Wildman–Crippen LogP) is 1.70. The number of rotatable bonds is 6. The minimum Gasteiger partial charge on any atom is -0.491 e. The van der Waals surface area contributed by atoms with E-state index < -0.39 is 6.10 Å². The van der Waals surface area contributed by atoms with Gasteiger partial charge in [0.1, 0.15) is 12.4 Å². The van der Waals surface area contributed by atoms with Crippen LogP contribution in [0.4, 0.5) is 0 Å². The average molecular weight is 221 g/mol. The second-order valence-corrected chi connectivity index (χ2v) is 4.46. The summed E-state index contributed by atoms with van der Waals surface area (Å²) < 4.78 is 5.39. The Hall–Kier alpha value is -1.06. The highest BCUT2D eigenvalue weighted by molar-refractivity contribution is 5.27. The second-order valence-electron chi connectivity index (χ2n) is 4.46. The van der Waals surface area contributed by atoms with Gasteiger partial charge in [-0.2, -0.15) is 0 Å². The van der Waals surface area contributed by atoms with Crippen LogP contribution in [0, 0.1) is 0 Å². The van der Waals surface area contributed by atoms with Crippen molar-refractivity contribution in [3.05, 3.63) is 29.8 Å². The van der Waals surface area contributed by atoms with Crippen LogP contribution < -0.4 is 10.1 Å². The average Bonchev–Trinajstić information content (AvgIpc) is 3.09. The lowest BCUT2D eigenvalue weighted by Crippen LogP contribution is -2.15. The maximum Gasteiger partial charge on any atom is 0.119 e. The summed E-state index contributed by atoms with van der Waals surface area (Å²) >= 11 is 0. The molecule has 1 fully saturated rings. The van der Waals surface area contributed by atoms with E-state index in [1.807, 2.05) is 12.1 Å². The number of aliphatic hydroxyl groups excluding tert-OH is 1. The van der Waals surface area contributed by atoms with Gasteiger partial charge in [-0.1, -0.05) is 12.1 Å². The molecule has 0 bridgehead atoms. The maximum atomic E-state index is 9.09. The first-order chi connectivity index (χ1) is 7.74. The Kier molecular flexibility index (Phi) is 3.80. The number of aliphatic hydroxyl groups is 1. The highest BCUT2D eigenvalue weighted by atomic mass is 16.5. The molecule has 1 aromatic rings. The first-order valence-corrected chi connectivity index (χ1v) is 5.87. The van der Waals surface area contributed by atoms with Crippen molar-refractivity contribution < 1.29 is 9.84 Å². The minimum atomic E-state index is -0.420. The summed E-state index contributed by atoms with van der Waals surface area (Å²) in [6, 6.07) is 8.77. The lowest BCUT2D eigenvalue weighted by Gasteiger charge is -2.09. The Labute approximate surface area is 96.4 Å². The zero-order valence-electron chi connectivity index (χ0n) is 9.65. The Balaban J connectivity index is 1.78. The molecule has 0 amide bonds. The second kappa shape index (κ2) is 5.32. The van der Waals surface area contributed by atoms with Gasteiger partial charge in [-0.3, -0.25) is 0 Å². The molecule has 88 valence electrons. The third kappa shape index (κ3) is 3.83. The Morgan fingerprint density at radius 2 is 2.06 bits per heavy atom. The van der Waals surface area contributed by atoms with Crippen LogP contribution in [-0.2, 0) is 6.54 Å². The molecular weight excluding hydrogens is 202 g/mol. The first-order valence-electron chi connectivity index (χ1n) is 5.87. The fourth-order valence-corrected chi connectivity index (χ4v) is 1.47. The van der Waals surface area contributed by atoms with Crippen LogP contribution in [0.5, 0.6) is 5.75 Å². The molecule has 0 radical (unpaired) electrons. The molecule has 1 atom stereocenters. The van der Waals surface area contributed by atoms with Crippen molar-refractivity contribution in [1.29, 1.82) is 0 Å². The molecule has 1 saturated carbocycles. The van der Waals surface area contributed by atoms with Gasteiger partial charge < -0.3 is 15.2 Å². The molecule has 16 heavy (non-hydrogen) atoms. The largest absolute Gasteiger partial charge is 0.491 e. The monoisotopic (exact) mass is 221 g/mol. The van der Waals surface area contributed by atoms with Gasteiger partial charge in [-0.25, -0.2) is 0 Å². The molecule has 3 heteroatoms. The van der Waals surface area contributed by atoms with Crippen molar-refractivity contribution in [3.63, 3.8) is 0 Å². The molecule has 1 aliphatic carbocycles. The summed E-state index contributed by atoms with van der Waals surface area (Å²) in [6.45, 7) is 2.99. The van der Waals surface area contributed by atoms with Crippen LogP contribution in [0.3, 0.4) is 0 Å². The summed E-state index contributed by atoms with van der Waals surface area (Å²) in [5.41, 5.74) is 1.27. The number of benzene rings is 1.